The average Bonchev–Trinajstić information content (AvgIpc) is 2.70. The molecule has 0 fully saturated rings. The summed E-state index contributed by atoms with van der Waals surface area (Å²) in [5.41, 5.74) is 0. The summed E-state index contributed by atoms with van der Waals surface area (Å²) in [4.78, 5) is 4.22. The van der Waals surface area contributed by atoms with Crippen LogP contribution >= 0.6 is 24.0 Å². The Morgan fingerprint density at radius 3 is 2.91 bits per heavy atom. The fourth-order valence-corrected chi connectivity index (χ4v) is 2.56. The van der Waals surface area contributed by atoms with Crippen LogP contribution in [0.25, 0.3) is 0 Å². The van der Waals surface area contributed by atoms with Gasteiger partial charge in [0.1, 0.15) is 5.82 Å². The number of aliphatic imine (C=N–C) groups is 1. The minimum absolute atomic E-state index is 0. The van der Waals surface area contributed by atoms with Crippen LogP contribution < -0.4 is 10.6 Å². The van der Waals surface area contributed by atoms with E-state index in [-0.39, 0.29) is 30.0 Å². The number of rotatable bonds is 5. The van der Waals surface area contributed by atoms with Crippen LogP contribution in [0.15, 0.2) is 4.99 Å². The molecule has 8 heteroatoms. The maximum absolute atomic E-state index is 5.12. The van der Waals surface area contributed by atoms with E-state index in [1.54, 1.807) is 14.2 Å². The summed E-state index contributed by atoms with van der Waals surface area (Å²) in [5, 5.41) is 15.2. The lowest BCUT2D eigenvalue weighted by molar-refractivity contribution is 0.179. The van der Waals surface area contributed by atoms with Crippen molar-refractivity contribution in [2.45, 2.75) is 51.7 Å². The molecule has 0 saturated carbocycles. The molecule has 1 unspecified atom stereocenters. The molecule has 0 radical (unpaired) electrons. The van der Waals surface area contributed by atoms with Crippen molar-refractivity contribution >= 4 is 29.9 Å². The minimum Gasteiger partial charge on any atom is -0.383 e. The van der Waals surface area contributed by atoms with E-state index in [1.807, 2.05) is 0 Å². The van der Waals surface area contributed by atoms with Crippen LogP contribution in [0.3, 0.4) is 0 Å². The van der Waals surface area contributed by atoms with Crippen molar-refractivity contribution in [1.82, 2.24) is 25.4 Å². The fraction of sp³-hybridized carbons (Fsp3) is 0.786. The van der Waals surface area contributed by atoms with Crippen LogP contribution in [0.1, 0.15) is 37.8 Å². The Hall–Kier alpha value is -0.900. The molecule has 1 atom stereocenters. The molecule has 7 nitrogen and oxygen atoms in total. The highest BCUT2D eigenvalue weighted by Crippen LogP contribution is 2.14. The fourth-order valence-electron chi connectivity index (χ4n) is 2.56. The summed E-state index contributed by atoms with van der Waals surface area (Å²) in [6.07, 6.45) is 4.72. The number of halogens is 1. The first-order valence-electron chi connectivity index (χ1n) is 7.61. The van der Waals surface area contributed by atoms with Gasteiger partial charge >= 0.3 is 0 Å². The first-order valence-corrected chi connectivity index (χ1v) is 7.61. The zero-order chi connectivity index (χ0) is 15.1. The Balaban J connectivity index is 0.00000242. The standard InChI is InChI=1S/C14H26N6O.HI/c1-11(10-21-3)17-14(15-2)16-9-13-19-18-12-7-5-4-6-8-20(12)13;/h11H,4-10H2,1-3H3,(H2,15,16,17);1H. The quantitative estimate of drug-likeness (QED) is 0.426. The Morgan fingerprint density at radius 1 is 1.36 bits per heavy atom. The summed E-state index contributed by atoms with van der Waals surface area (Å²) in [6.45, 7) is 4.35. The van der Waals surface area contributed by atoms with Gasteiger partial charge in [-0.2, -0.15) is 0 Å². The van der Waals surface area contributed by atoms with Gasteiger partial charge in [-0.05, 0) is 19.8 Å². The molecular weight excluding hydrogens is 395 g/mol. The average molecular weight is 422 g/mol. The molecule has 0 amide bonds. The second kappa shape index (κ2) is 9.98. The summed E-state index contributed by atoms with van der Waals surface area (Å²) in [5.74, 6) is 2.85. The van der Waals surface area contributed by atoms with E-state index in [0.29, 0.717) is 13.2 Å². The van der Waals surface area contributed by atoms with E-state index >= 15 is 0 Å². The number of guanidine groups is 1. The molecule has 0 aromatic carbocycles. The number of ether oxygens (including phenoxy) is 1. The predicted octanol–water partition coefficient (Wildman–Crippen LogP) is 1.32. The van der Waals surface area contributed by atoms with Gasteiger partial charge in [0.05, 0.1) is 13.2 Å². The van der Waals surface area contributed by atoms with Crippen molar-refractivity contribution in [1.29, 1.82) is 0 Å². The van der Waals surface area contributed by atoms with Gasteiger partial charge in [0.2, 0.25) is 0 Å². The predicted molar refractivity (Wildman–Crippen MR) is 97.7 cm³/mol. The van der Waals surface area contributed by atoms with Gasteiger partial charge in [0, 0.05) is 33.2 Å². The van der Waals surface area contributed by atoms with Gasteiger partial charge < -0.3 is 19.9 Å². The van der Waals surface area contributed by atoms with Gasteiger partial charge in [-0.25, -0.2) is 0 Å². The lowest BCUT2D eigenvalue weighted by Gasteiger charge is -2.17. The first kappa shape index (κ1) is 19.1. The van der Waals surface area contributed by atoms with Crippen molar-refractivity contribution in [3.8, 4) is 0 Å². The lowest BCUT2D eigenvalue weighted by atomic mass is 10.2. The number of methoxy groups -OCH3 is 1. The highest BCUT2D eigenvalue weighted by molar-refractivity contribution is 14.0. The van der Waals surface area contributed by atoms with Gasteiger partial charge in [0.15, 0.2) is 11.8 Å². The van der Waals surface area contributed by atoms with E-state index in [4.69, 9.17) is 4.74 Å². The molecule has 0 saturated heterocycles. The van der Waals surface area contributed by atoms with Crippen molar-refractivity contribution < 1.29 is 4.74 Å². The van der Waals surface area contributed by atoms with Crippen LogP contribution in [0, 0.1) is 0 Å². The highest BCUT2D eigenvalue weighted by Gasteiger charge is 2.15. The summed E-state index contributed by atoms with van der Waals surface area (Å²) in [6, 6.07) is 0.205. The van der Waals surface area contributed by atoms with Crippen molar-refractivity contribution in [2.24, 2.45) is 4.99 Å². The number of aromatic nitrogens is 3. The van der Waals surface area contributed by atoms with Crippen LogP contribution in [-0.4, -0.2) is 47.5 Å². The van der Waals surface area contributed by atoms with Crippen LogP contribution in [0.5, 0.6) is 0 Å². The number of nitrogens with zero attached hydrogens (tertiary/aromatic N) is 4. The smallest absolute Gasteiger partial charge is 0.191 e. The monoisotopic (exact) mass is 422 g/mol. The summed E-state index contributed by atoms with van der Waals surface area (Å²) in [7, 11) is 3.46. The van der Waals surface area contributed by atoms with Gasteiger partial charge in [-0.1, -0.05) is 6.42 Å². The third-order valence-electron chi connectivity index (χ3n) is 3.62. The number of hydrogen-bond acceptors (Lipinski definition) is 4. The molecule has 126 valence electrons. The molecule has 0 bridgehead atoms. The van der Waals surface area contributed by atoms with E-state index in [2.05, 4.69) is 37.3 Å². The third kappa shape index (κ3) is 5.38. The van der Waals surface area contributed by atoms with Gasteiger partial charge in [-0.15, -0.1) is 34.2 Å². The van der Waals surface area contributed by atoms with Gasteiger partial charge in [-0.3, -0.25) is 4.99 Å². The van der Waals surface area contributed by atoms with Gasteiger partial charge in [0.25, 0.3) is 0 Å². The van der Waals surface area contributed by atoms with Crippen molar-refractivity contribution in [3.63, 3.8) is 0 Å². The van der Waals surface area contributed by atoms with E-state index in [1.165, 1.54) is 19.3 Å². The topological polar surface area (TPSA) is 76.4 Å². The molecule has 0 aliphatic carbocycles. The number of hydrogen-bond donors (Lipinski definition) is 2. The Bertz CT molecular complexity index is 476. The first-order chi connectivity index (χ1) is 10.2. The largest absolute Gasteiger partial charge is 0.383 e. The molecule has 1 aliphatic heterocycles. The van der Waals surface area contributed by atoms with Crippen molar-refractivity contribution in [2.75, 3.05) is 20.8 Å². The number of aryl methyl sites for hydroxylation is 1. The molecule has 22 heavy (non-hydrogen) atoms. The Labute approximate surface area is 149 Å². The molecule has 1 aliphatic rings. The molecule has 2 N–H and O–H groups in total. The summed E-state index contributed by atoms with van der Waals surface area (Å²) < 4.78 is 7.36. The Kier molecular flexibility index (Phi) is 8.69. The molecule has 2 heterocycles. The highest BCUT2D eigenvalue weighted by atomic mass is 127. The maximum atomic E-state index is 5.12. The second-order valence-corrected chi connectivity index (χ2v) is 5.42. The molecule has 1 aromatic heterocycles. The lowest BCUT2D eigenvalue weighted by Crippen LogP contribution is -2.43. The van der Waals surface area contributed by atoms with Crippen molar-refractivity contribution in [3.05, 3.63) is 11.6 Å². The van der Waals surface area contributed by atoms with E-state index in [9.17, 15) is 0 Å². The molecule has 1 aromatic rings. The normalized spacial score (nSPS) is 16.2. The zero-order valence-corrected chi connectivity index (χ0v) is 16.0. The van der Waals surface area contributed by atoms with Crippen LogP contribution in [-0.2, 0) is 24.2 Å². The van der Waals surface area contributed by atoms with Crippen LogP contribution in [0.2, 0.25) is 0 Å². The maximum Gasteiger partial charge on any atom is 0.191 e. The summed E-state index contributed by atoms with van der Waals surface area (Å²) >= 11 is 0. The molecular formula is C14H27IN6O. The minimum atomic E-state index is 0. The Morgan fingerprint density at radius 2 is 2.18 bits per heavy atom. The molecule has 2 rings (SSSR count). The number of nitrogens with one attached hydrogen (secondary N) is 2. The second-order valence-electron chi connectivity index (χ2n) is 5.42. The van der Waals surface area contributed by atoms with Crippen LogP contribution in [0.4, 0.5) is 0 Å². The van der Waals surface area contributed by atoms with E-state index in [0.717, 1.165) is 30.6 Å². The third-order valence-corrected chi connectivity index (χ3v) is 3.62. The number of fused-ring (bicyclic) bond motifs is 1. The zero-order valence-electron chi connectivity index (χ0n) is 13.6. The molecule has 0 spiro atoms. The SMILES string of the molecule is CN=C(NCc1nnc2n1CCCCC2)NC(C)COC.I. The van der Waals surface area contributed by atoms with E-state index < -0.39 is 0 Å².